The normalized spacial score (nSPS) is 15.4. The van der Waals surface area contributed by atoms with Crippen LogP contribution in [0, 0.1) is 0 Å². The minimum absolute atomic E-state index is 0.0433. The van der Waals surface area contributed by atoms with Gasteiger partial charge in [0.1, 0.15) is 4.88 Å². The molecular formula is C11H15N3O3S. The lowest BCUT2D eigenvalue weighted by molar-refractivity contribution is -0.130. The second-order valence-electron chi connectivity index (χ2n) is 4.13. The molecule has 1 aromatic rings. The van der Waals surface area contributed by atoms with Gasteiger partial charge >= 0.3 is 5.97 Å². The molecule has 6 nitrogen and oxygen atoms in total. The van der Waals surface area contributed by atoms with E-state index in [1.165, 1.54) is 12.6 Å². The minimum atomic E-state index is -0.997. The number of hydrogen-bond donors (Lipinski definition) is 2. The van der Waals surface area contributed by atoms with E-state index >= 15 is 0 Å². The first-order valence-electron chi connectivity index (χ1n) is 5.87. The van der Waals surface area contributed by atoms with Gasteiger partial charge in [-0.25, -0.2) is 9.78 Å². The Morgan fingerprint density at radius 3 is 2.72 bits per heavy atom. The number of carbonyl (C=O) groups excluding carboxylic acids is 1. The van der Waals surface area contributed by atoms with Gasteiger partial charge in [0.2, 0.25) is 5.91 Å². The summed E-state index contributed by atoms with van der Waals surface area (Å²) >= 11 is 1.04. The topological polar surface area (TPSA) is 82.5 Å². The number of likely N-dealkylation sites (tertiary alicyclic amines) is 1. The van der Waals surface area contributed by atoms with Crippen LogP contribution < -0.4 is 5.32 Å². The van der Waals surface area contributed by atoms with Crippen molar-refractivity contribution in [2.45, 2.75) is 19.3 Å². The van der Waals surface area contributed by atoms with Gasteiger partial charge in [-0.15, -0.1) is 0 Å². The fourth-order valence-electron chi connectivity index (χ4n) is 1.86. The fourth-order valence-corrected chi connectivity index (χ4v) is 2.51. The molecule has 7 heteroatoms. The Morgan fingerprint density at radius 2 is 2.11 bits per heavy atom. The van der Waals surface area contributed by atoms with E-state index < -0.39 is 5.97 Å². The highest BCUT2D eigenvalue weighted by atomic mass is 32.1. The Labute approximate surface area is 109 Å². The highest BCUT2D eigenvalue weighted by Crippen LogP contribution is 2.17. The van der Waals surface area contributed by atoms with Crippen LogP contribution in [-0.2, 0) is 4.79 Å². The van der Waals surface area contributed by atoms with Crippen molar-refractivity contribution in [1.82, 2.24) is 9.88 Å². The Balaban J connectivity index is 1.82. The van der Waals surface area contributed by atoms with Crippen molar-refractivity contribution >= 4 is 28.3 Å². The first-order chi connectivity index (χ1) is 8.66. The van der Waals surface area contributed by atoms with Crippen molar-refractivity contribution in [3.05, 3.63) is 11.1 Å². The molecule has 1 aliphatic heterocycles. The molecule has 2 rings (SSSR count). The number of carbonyl (C=O) groups is 2. The Kier molecular flexibility index (Phi) is 4.14. The van der Waals surface area contributed by atoms with Crippen molar-refractivity contribution < 1.29 is 14.7 Å². The molecule has 1 fully saturated rings. The Bertz CT molecular complexity index is 440. The number of piperidine rings is 1. The molecule has 0 radical (unpaired) electrons. The average molecular weight is 269 g/mol. The van der Waals surface area contributed by atoms with Crippen molar-refractivity contribution in [2.24, 2.45) is 0 Å². The van der Waals surface area contributed by atoms with E-state index in [1.807, 2.05) is 4.90 Å². The zero-order chi connectivity index (χ0) is 13.0. The number of nitrogens with zero attached hydrogens (tertiary/aromatic N) is 2. The zero-order valence-electron chi connectivity index (χ0n) is 9.89. The molecule has 18 heavy (non-hydrogen) atoms. The van der Waals surface area contributed by atoms with Crippen LogP contribution in [0.4, 0.5) is 5.13 Å². The molecule has 0 bridgehead atoms. The molecule has 2 N–H and O–H groups in total. The molecule has 0 aliphatic carbocycles. The van der Waals surface area contributed by atoms with E-state index in [2.05, 4.69) is 10.3 Å². The van der Waals surface area contributed by atoms with Crippen molar-refractivity contribution in [1.29, 1.82) is 0 Å². The van der Waals surface area contributed by atoms with Gasteiger partial charge in [0.05, 0.1) is 12.7 Å². The molecule has 1 saturated heterocycles. The lowest BCUT2D eigenvalue weighted by atomic mass is 10.1. The van der Waals surface area contributed by atoms with Crippen LogP contribution >= 0.6 is 11.3 Å². The van der Waals surface area contributed by atoms with Crippen molar-refractivity contribution in [3.63, 3.8) is 0 Å². The number of rotatable bonds is 4. The summed E-state index contributed by atoms with van der Waals surface area (Å²) < 4.78 is 0. The number of hydrogen-bond acceptors (Lipinski definition) is 5. The van der Waals surface area contributed by atoms with Crippen LogP contribution in [-0.4, -0.2) is 46.5 Å². The fraction of sp³-hybridized carbons (Fsp3) is 0.545. The van der Waals surface area contributed by atoms with Gasteiger partial charge < -0.3 is 15.3 Å². The maximum Gasteiger partial charge on any atom is 0.347 e. The van der Waals surface area contributed by atoms with Gasteiger partial charge in [-0.3, -0.25) is 4.79 Å². The summed E-state index contributed by atoms with van der Waals surface area (Å²) in [5, 5.41) is 12.1. The SMILES string of the molecule is O=C(O)c1cnc(NCC(=O)N2CCCCC2)s1. The molecular weight excluding hydrogens is 254 g/mol. The van der Waals surface area contributed by atoms with Gasteiger partial charge in [0, 0.05) is 13.1 Å². The summed E-state index contributed by atoms with van der Waals surface area (Å²) in [7, 11) is 0. The van der Waals surface area contributed by atoms with E-state index in [0.29, 0.717) is 5.13 Å². The van der Waals surface area contributed by atoms with Gasteiger partial charge in [0.15, 0.2) is 5.13 Å². The molecule has 1 aliphatic rings. The second kappa shape index (κ2) is 5.81. The predicted octanol–water partition coefficient (Wildman–Crippen LogP) is 1.27. The lowest BCUT2D eigenvalue weighted by Gasteiger charge is -2.26. The van der Waals surface area contributed by atoms with Crippen molar-refractivity contribution in [2.75, 3.05) is 25.0 Å². The molecule has 0 spiro atoms. The molecule has 1 amide bonds. The minimum Gasteiger partial charge on any atom is -0.477 e. The summed E-state index contributed by atoms with van der Waals surface area (Å²) in [5.74, 6) is -0.954. The third-order valence-electron chi connectivity index (χ3n) is 2.82. The first-order valence-corrected chi connectivity index (χ1v) is 6.69. The lowest BCUT2D eigenvalue weighted by Crippen LogP contribution is -2.39. The second-order valence-corrected chi connectivity index (χ2v) is 5.16. The Hall–Kier alpha value is -1.63. The number of nitrogens with one attached hydrogen (secondary N) is 1. The summed E-state index contributed by atoms with van der Waals surface area (Å²) in [6, 6.07) is 0. The maximum atomic E-state index is 11.8. The summed E-state index contributed by atoms with van der Waals surface area (Å²) in [6.45, 7) is 1.81. The molecule has 0 saturated carbocycles. The van der Waals surface area contributed by atoms with E-state index in [1.54, 1.807) is 0 Å². The molecule has 1 aromatic heterocycles. The van der Waals surface area contributed by atoms with Crippen molar-refractivity contribution in [3.8, 4) is 0 Å². The average Bonchev–Trinajstić information content (AvgIpc) is 2.86. The number of carboxylic acids is 1. The summed E-state index contributed by atoms with van der Waals surface area (Å²) in [6.07, 6.45) is 4.60. The van der Waals surface area contributed by atoms with E-state index in [4.69, 9.17) is 5.11 Å². The van der Waals surface area contributed by atoms with Crippen LogP contribution in [0.1, 0.15) is 28.9 Å². The smallest absolute Gasteiger partial charge is 0.347 e. The molecule has 0 aromatic carbocycles. The number of amides is 1. The zero-order valence-corrected chi connectivity index (χ0v) is 10.7. The van der Waals surface area contributed by atoms with Gasteiger partial charge in [0.25, 0.3) is 0 Å². The van der Waals surface area contributed by atoms with Crippen LogP contribution in [0.2, 0.25) is 0 Å². The summed E-state index contributed by atoms with van der Waals surface area (Å²) in [5.41, 5.74) is 0. The number of thiazole rings is 1. The van der Waals surface area contributed by atoms with Gasteiger partial charge in [-0.1, -0.05) is 11.3 Å². The highest BCUT2D eigenvalue weighted by molar-refractivity contribution is 7.17. The van der Waals surface area contributed by atoms with E-state index in [9.17, 15) is 9.59 Å². The maximum absolute atomic E-state index is 11.8. The third-order valence-corrected chi connectivity index (χ3v) is 3.76. The van der Waals surface area contributed by atoms with Crippen LogP contribution in [0.15, 0.2) is 6.20 Å². The van der Waals surface area contributed by atoms with Crippen LogP contribution in [0.3, 0.4) is 0 Å². The van der Waals surface area contributed by atoms with E-state index in [-0.39, 0.29) is 17.3 Å². The number of carboxylic acid groups (broad SMARTS) is 1. The number of aromatic carboxylic acids is 1. The number of aromatic nitrogens is 1. The number of anilines is 1. The molecule has 0 atom stereocenters. The van der Waals surface area contributed by atoms with Crippen LogP contribution in [0.25, 0.3) is 0 Å². The van der Waals surface area contributed by atoms with Gasteiger partial charge in [-0.2, -0.15) is 0 Å². The van der Waals surface area contributed by atoms with E-state index in [0.717, 1.165) is 37.3 Å². The quantitative estimate of drug-likeness (QED) is 0.860. The summed E-state index contributed by atoms with van der Waals surface area (Å²) in [4.78, 5) is 28.4. The Morgan fingerprint density at radius 1 is 1.39 bits per heavy atom. The highest BCUT2D eigenvalue weighted by Gasteiger charge is 2.16. The predicted molar refractivity (Wildman–Crippen MR) is 68.0 cm³/mol. The largest absolute Gasteiger partial charge is 0.477 e. The van der Waals surface area contributed by atoms with Crippen LogP contribution in [0.5, 0.6) is 0 Å². The molecule has 98 valence electrons. The standard InChI is InChI=1S/C11H15N3O3S/c15-9(14-4-2-1-3-5-14)7-13-11-12-6-8(18-11)10(16)17/h6H,1-5,7H2,(H,12,13)(H,16,17). The first kappa shape index (κ1) is 12.8. The monoisotopic (exact) mass is 269 g/mol. The third kappa shape index (κ3) is 3.19. The van der Waals surface area contributed by atoms with Gasteiger partial charge in [-0.05, 0) is 19.3 Å². The molecule has 2 heterocycles. The molecule has 0 unspecified atom stereocenters.